The summed E-state index contributed by atoms with van der Waals surface area (Å²) in [6.45, 7) is 7.99. The van der Waals surface area contributed by atoms with E-state index < -0.39 is 0 Å². The van der Waals surface area contributed by atoms with Gasteiger partial charge in [-0.25, -0.2) is 0 Å². The fourth-order valence-electron chi connectivity index (χ4n) is 3.93. The molecule has 1 unspecified atom stereocenters. The van der Waals surface area contributed by atoms with E-state index in [-0.39, 0.29) is 5.41 Å². The number of piperidine rings is 1. The molecule has 1 amide bonds. The second-order valence-corrected chi connectivity index (χ2v) is 7.75. The summed E-state index contributed by atoms with van der Waals surface area (Å²) in [4.78, 5) is 14.8. The SMILES string of the molecule is Cc1ccc(CCC2CCN(C(=O)C3(C)CCNC3)CC2)cc1. The van der Waals surface area contributed by atoms with Crippen LogP contribution in [0.3, 0.4) is 0 Å². The number of carbonyl (C=O) groups is 1. The van der Waals surface area contributed by atoms with Crippen LogP contribution in [0.15, 0.2) is 24.3 Å². The second kappa shape index (κ2) is 7.04. The summed E-state index contributed by atoms with van der Waals surface area (Å²) < 4.78 is 0. The Morgan fingerprint density at radius 2 is 1.96 bits per heavy atom. The number of hydrogen-bond donors (Lipinski definition) is 1. The number of likely N-dealkylation sites (tertiary alicyclic amines) is 1. The van der Waals surface area contributed by atoms with Crippen molar-refractivity contribution in [3.63, 3.8) is 0 Å². The molecule has 0 saturated carbocycles. The molecule has 1 atom stereocenters. The van der Waals surface area contributed by atoms with E-state index in [1.807, 2.05) is 0 Å². The summed E-state index contributed by atoms with van der Waals surface area (Å²) >= 11 is 0. The predicted molar refractivity (Wildman–Crippen MR) is 94.4 cm³/mol. The van der Waals surface area contributed by atoms with Gasteiger partial charge in [-0.15, -0.1) is 0 Å². The normalized spacial score (nSPS) is 25.7. The molecule has 1 aromatic carbocycles. The second-order valence-electron chi connectivity index (χ2n) is 7.75. The van der Waals surface area contributed by atoms with Gasteiger partial charge in [-0.05, 0) is 64.0 Å². The van der Waals surface area contributed by atoms with Crippen LogP contribution < -0.4 is 5.32 Å². The topological polar surface area (TPSA) is 32.3 Å². The predicted octanol–water partition coefficient (Wildman–Crippen LogP) is 3.17. The molecule has 3 heteroatoms. The van der Waals surface area contributed by atoms with Gasteiger partial charge in [0.2, 0.25) is 5.91 Å². The van der Waals surface area contributed by atoms with Crippen molar-refractivity contribution in [2.24, 2.45) is 11.3 Å². The third-order valence-corrected chi connectivity index (χ3v) is 5.75. The molecule has 126 valence electrons. The highest BCUT2D eigenvalue weighted by Gasteiger charge is 2.39. The van der Waals surface area contributed by atoms with Crippen LogP contribution in [0.1, 0.15) is 43.7 Å². The van der Waals surface area contributed by atoms with Gasteiger partial charge >= 0.3 is 0 Å². The summed E-state index contributed by atoms with van der Waals surface area (Å²) in [5.74, 6) is 1.15. The standard InChI is InChI=1S/C20H30N2O/c1-16-3-5-17(6-4-16)7-8-18-9-13-22(14-10-18)19(23)20(2)11-12-21-15-20/h3-6,18,21H,7-15H2,1-2H3. The lowest BCUT2D eigenvalue weighted by Gasteiger charge is -2.36. The highest BCUT2D eigenvalue weighted by atomic mass is 16.2. The average molecular weight is 314 g/mol. The van der Waals surface area contributed by atoms with Crippen LogP contribution in [0, 0.1) is 18.3 Å². The zero-order valence-electron chi connectivity index (χ0n) is 14.6. The number of nitrogens with zero attached hydrogens (tertiary/aromatic N) is 1. The first-order valence-electron chi connectivity index (χ1n) is 9.12. The van der Waals surface area contributed by atoms with Crippen LogP contribution in [-0.2, 0) is 11.2 Å². The van der Waals surface area contributed by atoms with Crippen molar-refractivity contribution >= 4 is 5.91 Å². The molecule has 0 bridgehead atoms. The minimum absolute atomic E-state index is 0.158. The van der Waals surface area contributed by atoms with Crippen LogP contribution in [0.2, 0.25) is 0 Å². The summed E-state index contributed by atoms with van der Waals surface area (Å²) in [7, 11) is 0. The Morgan fingerprint density at radius 1 is 1.26 bits per heavy atom. The molecular formula is C20H30N2O. The fourth-order valence-corrected chi connectivity index (χ4v) is 3.93. The third-order valence-electron chi connectivity index (χ3n) is 5.75. The lowest BCUT2D eigenvalue weighted by Crippen LogP contribution is -2.47. The summed E-state index contributed by atoms with van der Waals surface area (Å²) in [5.41, 5.74) is 2.61. The van der Waals surface area contributed by atoms with E-state index in [9.17, 15) is 4.79 Å². The molecule has 2 heterocycles. The van der Waals surface area contributed by atoms with Gasteiger partial charge in [0.15, 0.2) is 0 Å². The van der Waals surface area contributed by atoms with Gasteiger partial charge in [0.1, 0.15) is 0 Å². The third kappa shape index (κ3) is 3.95. The molecule has 1 aromatic rings. The number of benzene rings is 1. The number of amides is 1. The van der Waals surface area contributed by atoms with Crippen molar-refractivity contribution in [1.82, 2.24) is 10.2 Å². The van der Waals surface area contributed by atoms with E-state index in [4.69, 9.17) is 0 Å². The summed E-state index contributed by atoms with van der Waals surface area (Å²) in [6.07, 6.45) is 5.74. The Morgan fingerprint density at radius 3 is 2.57 bits per heavy atom. The highest BCUT2D eigenvalue weighted by Crippen LogP contribution is 2.30. The van der Waals surface area contributed by atoms with Gasteiger partial charge in [0.05, 0.1) is 5.41 Å². The highest BCUT2D eigenvalue weighted by molar-refractivity contribution is 5.83. The van der Waals surface area contributed by atoms with E-state index in [0.29, 0.717) is 5.91 Å². The van der Waals surface area contributed by atoms with E-state index in [1.54, 1.807) is 0 Å². The van der Waals surface area contributed by atoms with Gasteiger partial charge in [0.25, 0.3) is 0 Å². The number of hydrogen-bond acceptors (Lipinski definition) is 2. The Labute approximate surface area is 140 Å². The lowest BCUT2D eigenvalue weighted by molar-refractivity contribution is -0.141. The van der Waals surface area contributed by atoms with E-state index in [0.717, 1.165) is 38.5 Å². The van der Waals surface area contributed by atoms with Gasteiger partial charge in [0, 0.05) is 19.6 Å². The first kappa shape index (κ1) is 16.5. The van der Waals surface area contributed by atoms with Crippen molar-refractivity contribution < 1.29 is 4.79 Å². The monoisotopic (exact) mass is 314 g/mol. The van der Waals surface area contributed by atoms with Crippen LogP contribution in [0.4, 0.5) is 0 Å². The van der Waals surface area contributed by atoms with E-state index in [1.165, 1.54) is 36.8 Å². The Balaban J connectivity index is 1.45. The van der Waals surface area contributed by atoms with Gasteiger partial charge in [-0.1, -0.05) is 29.8 Å². The average Bonchev–Trinajstić information content (AvgIpc) is 3.02. The molecule has 0 spiro atoms. The molecule has 2 saturated heterocycles. The Kier molecular flexibility index (Phi) is 5.05. The minimum Gasteiger partial charge on any atom is -0.342 e. The molecule has 3 nitrogen and oxygen atoms in total. The smallest absolute Gasteiger partial charge is 0.229 e. The minimum atomic E-state index is -0.158. The van der Waals surface area contributed by atoms with Gasteiger partial charge in [-0.3, -0.25) is 4.79 Å². The molecule has 2 aliphatic heterocycles. The first-order chi connectivity index (χ1) is 11.1. The molecule has 3 rings (SSSR count). The molecule has 23 heavy (non-hydrogen) atoms. The fraction of sp³-hybridized carbons (Fsp3) is 0.650. The number of carbonyl (C=O) groups excluding carboxylic acids is 1. The molecule has 2 aliphatic rings. The van der Waals surface area contributed by atoms with Gasteiger partial charge < -0.3 is 10.2 Å². The Hall–Kier alpha value is -1.35. The molecule has 0 radical (unpaired) electrons. The molecule has 0 aromatic heterocycles. The van der Waals surface area contributed by atoms with Crippen molar-refractivity contribution in [2.75, 3.05) is 26.2 Å². The van der Waals surface area contributed by atoms with Crippen molar-refractivity contribution in [2.45, 2.75) is 46.0 Å². The zero-order valence-corrected chi connectivity index (χ0v) is 14.6. The molecule has 0 aliphatic carbocycles. The zero-order chi connectivity index (χ0) is 16.3. The van der Waals surface area contributed by atoms with Crippen molar-refractivity contribution in [3.05, 3.63) is 35.4 Å². The van der Waals surface area contributed by atoms with Crippen LogP contribution in [-0.4, -0.2) is 37.0 Å². The lowest BCUT2D eigenvalue weighted by atomic mass is 9.85. The van der Waals surface area contributed by atoms with Gasteiger partial charge in [-0.2, -0.15) is 0 Å². The number of rotatable bonds is 4. The molecule has 2 fully saturated rings. The van der Waals surface area contributed by atoms with Crippen LogP contribution in [0.5, 0.6) is 0 Å². The van der Waals surface area contributed by atoms with Crippen LogP contribution in [0.25, 0.3) is 0 Å². The number of aryl methyl sites for hydroxylation is 2. The quantitative estimate of drug-likeness (QED) is 0.926. The summed E-state index contributed by atoms with van der Waals surface area (Å²) in [6, 6.07) is 8.91. The summed E-state index contributed by atoms with van der Waals surface area (Å²) in [5, 5.41) is 3.34. The van der Waals surface area contributed by atoms with E-state index >= 15 is 0 Å². The largest absolute Gasteiger partial charge is 0.342 e. The van der Waals surface area contributed by atoms with Crippen molar-refractivity contribution in [1.29, 1.82) is 0 Å². The maximum atomic E-state index is 12.7. The first-order valence-corrected chi connectivity index (χ1v) is 9.12. The molecular weight excluding hydrogens is 284 g/mol. The number of nitrogens with one attached hydrogen (secondary N) is 1. The Bertz CT molecular complexity index is 523. The maximum absolute atomic E-state index is 12.7. The van der Waals surface area contributed by atoms with E-state index in [2.05, 4.69) is 48.3 Å². The van der Waals surface area contributed by atoms with Crippen LogP contribution >= 0.6 is 0 Å². The van der Waals surface area contributed by atoms with Crippen molar-refractivity contribution in [3.8, 4) is 0 Å². The maximum Gasteiger partial charge on any atom is 0.229 e. The molecule has 1 N–H and O–H groups in total.